The van der Waals surface area contributed by atoms with Crippen molar-refractivity contribution in [2.75, 3.05) is 54.7 Å². The molecule has 3 heterocycles. The predicted molar refractivity (Wildman–Crippen MR) is 127 cm³/mol. The van der Waals surface area contributed by atoms with Gasteiger partial charge >= 0.3 is 0 Å². The summed E-state index contributed by atoms with van der Waals surface area (Å²) in [5.41, 5.74) is 3.31. The van der Waals surface area contributed by atoms with Crippen LogP contribution in [0.15, 0.2) is 30.3 Å². The van der Waals surface area contributed by atoms with Crippen LogP contribution >= 0.6 is 0 Å². The summed E-state index contributed by atoms with van der Waals surface area (Å²) in [7, 11) is 7.60. The summed E-state index contributed by atoms with van der Waals surface area (Å²) < 4.78 is 18.8. The molecule has 1 aromatic heterocycles. The van der Waals surface area contributed by atoms with Crippen molar-refractivity contribution in [1.29, 1.82) is 0 Å². The van der Waals surface area contributed by atoms with Gasteiger partial charge in [0.15, 0.2) is 17.3 Å². The Bertz CT molecular complexity index is 1240. The van der Waals surface area contributed by atoms with Crippen LogP contribution in [0.5, 0.6) is 17.2 Å². The number of carbonyl (C=O) groups excluding carboxylic acids is 1. The zero-order valence-corrected chi connectivity index (χ0v) is 20.3. The molecule has 1 N–H and O–H groups in total. The van der Waals surface area contributed by atoms with E-state index in [1.54, 1.807) is 23.9 Å². The van der Waals surface area contributed by atoms with E-state index in [9.17, 15) is 4.79 Å². The van der Waals surface area contributed by atoms with Gasteiger partial charge in [-0.15, -0.1) is 5.10 Å². The Balaban J connectivity index is 1.52. The summed E-state index contributed by atoms with van der Waals surface area (Å²) in [6, 6.07) is 9.04. The third kappa shape index (κ3) is 4.28. The number of carbonyl (C=O) groups is 1. The minimum Gasteiger partial charge on any atom is -0.492 e. The van der Waals surface area contributed by atoms with Crippen LogP contribution in [-0.2, 0) is 6.42 Å². The molecule has 0 fully saturated rings. The SMILES string of the molecule is COc1c2c(cc3c1[C@@H](c1nnnn1-c1cccc(C(=O)NCCN(C)C)c1)N(C)CC3)OCO2. The van der Waals surface area contributed by atoms with Crippen LogP contribution in [0.4, 0.5) is 0 Å². The van der Waals surface area contributed by atoms with Crippen LogP contribution < -0.4 is 19.5 Å². The number of amides is 1. The van der Waals surface area contributed by atoms with E-state index in [-0.39, 0.29) is 18.7 Å². The quantitative estimate of drug-likeness (QED) is 0.536. The number of tetrazole rings is 1. The maximum Gasteiger partial charge on any atom is 0.251 e. The number of likely N-dealkylation sites (N-methyl/N-ethyl adjacent to an activating group) is 2. The van der Waals surface area contributed by atoms with E-state index < -0.39 is 0 Å². The Labute approximate surface area is 203 Å². The van der Waals surface area contributed by atoms with Gasteiger partial charge in [0.05, 0.1) is 12.8 Å². The fraction of sp³-hybridized carbons (Fsp3) is 0.417. The first-order valence-electron chi connectivity index (χ1n) is 11.5. The van der Waals surface area contributed by atoms with E-state index in [0.29, 0.717) is 40.9 Å². The topological polar surface area (TPSA) is 107 Å². The molecule has 0 aliphatic carbocycles. The first-order valence-corrected chi connectivity index (χ1v) is 11.5. The Hall–Kier alpha value is -3.70. The van der Waals surface area contributed by atoms with Crippen molar-refractivity contribution in [2.24, 2.45) is 0 Å². The molecule has 0 radical (unpaired) electrons. The average Bonchev–Trinajstić information content (AvgIpc) is 3.52. The van der Waals surface area contributed by atoms with Gasteiger partial charge in [-0.3, -0.25) is 9.69 Å². The lowest BCUT2D eigenvalue weighted by molar-refractivity contribution is 0.0951. The summed E-state index contributed by atoms with van der Waals surface area (Å²) in [6.45, 7) is 2.29. The van der Waals surface area contributed by atoms with Crippen LogP contribution in [0.25, 0.3) is 5.69 Å². The smallest absolute Gasteiger partial charge is 0.251 e. The van der Waals surface area contributed by atoms with E-state index in [0.717, 1.165) is 30.6 Å². The largest absolute Gasteiger partial charge is 0.492 e. The molecule has 0 bridgehead atoms. The molecule has 1 amide bonds. The van der Waals surface area contributed by atoms with Crippen LogP contribution in [0, 0.1) is 0 Å². The van der Waals surface area contributed by atoms with Crippen molar-refractivity contribution in [3.63, 3.8) is 0 Å². The van der Waals surface area contributed by atoms with E-state index in [2.05, 4.69) is 25.7 Å². The number of aromatic nitrogens is 4. The van der Waals surface area contributed by atoms with Crippen molar-refractivity contribution in [1.82, 2.24) is 35.3 Å². The molecule has 5 rings (SSSR count). The number of fused-ring (bicyclic) bond motifs is 2. The van der Waals surface area contributed by atoms with E-state index in [1.807, 2.05) is 44.2 Å². The fourth-order valence-corrected chi connectivity index (χ4v) is 4.58. The van der Waals surface area contributed by atoms with Crippen molar-refractivity contribution >= 4 is 5.91 Å². The number of nitrogens with zero attached hydrogens (tertiary/aromatic N) is 6. The number of benzene rings is 2. The van der Waals surface area contributed by atoms with Crippen LogP contribution in [0.1, 0.15) is 33.4 Å². The van der Waals surface area contributed by atoms with Gasteiger partial charge in [-0.1, -0.05) is 6.07 Å². The second kappa shape index (κ2) is 9.51. The highest BCUT2D eigenvalue weighted by molar-refractivity contribution is 5.94. The molecular weight excluding hydrogens is 450 g/mol. The Kier molecular flexibility index (Phi) is 6.27. The molecule has 184 valence electrons. The molecular formula is C24H29N7O4. The van der Waals surface area contributed by atoms with Gasteiger partial charge in [0, 0.05) is 30.8 Å². The van der Waals surface area contributed by atoms with E-state index in [4.69, 9.17) is 14.2 Å². The molecule has 3 aromatic rings. The molecule has 2 aromatic carbocycles. The molecule has 11 nitrogen and oxygen atoms in total. The molecule has 11 heteroatoms. The highest BCUT2D eigenvalue weighted by Gasteiger charge is 2.37. The van der Waals surface area contributed by atoms with E-state index in [1.165, 1.54) is 0 Å². The van der Waals surface area contributed by atoms with Gasteiger partial charge < -0.3 is 24.4 Å². The monoisotopic (exact) mass is 479 g/mol. The highest BCUT2D eigenvalue weighted by Crippen LogP contribution is 2.50. The number of hydrogen-bond donors (Lipinski definition) is 1. The second-order valence-corrected chi connectivity index (χ2v) is 8.91. The number of hydrogen-bond acceptors (Lipinski definition) is 9. The Morgan fingerprint density at radius 1 is 1.29 bits per heavy atom. The van der Waals surface area contributed by atoms with Crippen LogP contribution in [0.2, 0.25) is 0 Å². The van der Waals surface area contributed by atoms with Gasteiger partial charge in [-0.25, -0.2) is 0 Å². The maximum atomic E-state index is 12.7. The molecule has 0 unspecified atom stereocenters. The zero-order chi connectivity index (χ0) is 24.5. The minimum absolute atomic E-state index is 0.141. The molecule has 2 aliphatic heterocycles. The summed E-state index contributed by atoms with van der Waals surface area (Å²) in [4.78, 5) is 16.9. The number of nitrogens with one attached hydrogen (secondary N) is 1. The van der Waals surface area contributed by atoms with Crippen LogP contribution in [-0.4, -0.2) is 90.6 Å². The lowest BCUT2D eigenvalue weighted by Crippen LogP contribution is -2.35. The maximum absolute atomic E-state index is 12.7. The highest BCUT2D eigenvalue weighted by atomic mass is 16.7. The number of ether oxygens (including phenoxy) is 3. The lowest BCUT2D eigenvalue weighted by Gasteiger charge is -2.34. The third-order valence-corrected chi connectivity index (χ3v) is 6.33. The predicted octanol–water partition coefficient (Wildman–Crippen LogP) is 1.27. The first kappa shape index (κ1) is 23.1. The molecule has 0 spiro atoms. The summed E-state index contributed by atoms with van der Waals surface area (Å²) >= 11 is 0. The summed E-state index contributed by atoms with van der Waals surface area (Å²) in [5, 5.41) is 15.6. The number of rotatable bonds is 7. The standard InChI is InChI=1S/C24H29N7O4/c1-29(2)11-9-25-24(32)16-6-5-7-17(12-16)31-23(26-27-28-31)20-19-15(8-10-30(20)3)13-18-21(22(19)33-4)35-14-34-18/h5-7,12-13,20H,8-11,14H2,1-4H3,(H,25,32)/t20-/m0/s1. The van der Waals surface area contributed by atoms with Crippen molar-refractivity contribution in [3.05, 3.63) is 52.8 Å². The van der Waals surface area contributed by atoms with Crippen molar-refractivity contribution in [2.45, 2.75) is 12.5 Å². The van der Waals surface area contributed by atoms with Gasteiger partial charge in [0.1, 0.15) is 6.04 Å². The average molecular weight is 480 g/mol. The van der Waals surface area contributed by atoms with Crippen molar-refractivity contribution in [3.8, 4) is 22.9 Å². The van der Waals surface area contributed by atoms with Crippen LogP contribution in [0.3, 0.4) is 0 Å². The van der Waals surface area contributed by atoms with Gasteiger partial charge in [-0.2, -0.15) is 4.68 Å². The third-order valence-electron chi connectivity index (χ3n) is 6.33. The zero-order valence-electron chi connectivity index (χ0n) is 20.3. The summed E-state index contributed by atoms with van der Waals surface area (Å²) in [5.74, 6) is 2.40. The normalized spacial score (nSPS) is 16.9. The molecule has 0 saturated carbocycles. The Morgan fingerprint density at radius 3 is 2.94 bits per heavy atom. The molecule has 2 aliphatic rings. The summed E-state index contributed by atoms with van der Waals surface area (Å²) in [6.07, 6.45) is 0.833. The van der Waals surface area contributed by atoms with Gasteiger partial charge in [-0.05, 0) is 67.8 Å². The molecule has 35 heavy (non-hydrogen) atoms. The second-order valence-electron chi connectivity index (χ2n) is 8.91. The molecule has 1 atom stereocenters. The fourth-order valence-electron chi connectivity index (χ4n) is 4.58. The first-order chi connectivity index (χ1) is 17.0. The van der Waals surface area contributed by atoms with Crippen molar-refractivity contribution < 1.29 is 19.0 Å². The van der Waals surface area contributed by atoms with E-state index >= 15 is 0 Å². The minimum atomic E-state index is -0.282. The Morgan fingerprint density at radius 2 is 2.14 bits per heavy atom. The molecule has 0 saturated heterocycles. The van der Waals surface area contributed by atoms with Gasteiger partial charge in [0.2, 0.25) is 12.5 Å². The lowest BCUT2D eigenvalue weighted by atomic mass is 9.90. The number of methoxy groups -OCH3 is 1. The van der Waals surface area contributed by atoms with Gasteiger partial charge in [0.25, 0.3) is 5.91 Å².